The van der Waals surface area contributed by atoms with Gasteiger partial charge in [-0.05, 0) is 65.7 Å². The topological polar surface area (TPSA) is 86.3 Å². The fourth-order valence-electron chi connectivity index (χ4n) is 4.38. The number of nitrogens with two attached hydrogens (primary N) is 1. The highest BCUT2D eigenvalue weighted by molar-refractivity contribution is 9.10. The Morgan fingerprint density at radius 2 is 2.00 bits per heavy atom. The number of pyridine rings is 1. The lowest BCUT2D eigenvalue weighted by Gasteiger charge is -2.30. The lowest BCUT2D eigenvalue weighted by Crippen LogP contribution is -2.38. The van der Waals surface area contributed by atoms with Crippen LogP contribution in [0.2, 0.25) is 25.7 Å². The Balaban J connectivity index is 1.50. The van der Waals surface area contributed by atoms with Crippen LogP contribution in [0.1, 0.15) is 57.0 Å². The van der Waals surface area contributed by atoms with Gasteiger partial charge in [0.1, 0.15) is 11.3 Å². The van der Waals surface area contributed by atoms with E-state index in [-0.39, 0.29) is 5.91 Å². The van der Waals surface area contributed by atoms with Gasteiger partial charge in [0.05, 0.1) is 18.8 Å². The summed E-state index contributed by atoms with van der Waals surface area (Å²) >= 11 is 3.44. The Morgan fingerprint density at radius 3 is 2.69 bits per heavy atom. The Kier molecular flexibility index (Phi) is 9.20. The monoisotopic (exact) mass is 563 g/mol. The number of fused-ring (bicyclic) bond motifs is 1. The number of carbonyl (C=O) groups is 1. The summed E-state index contributed by atoms with van der Waals surface area (Å²) in [5.41, 5.74) is 8.86. The van der Waals surface area contributed by atoms with E-state index < -0.39 is 13.5 Å². The zero-order valence-corrected chi connectivity index (χ0v) is 24.8. The molecule has 1 amide bonds. The van der Waals surface area contributed by atoms with Crippen LogP contribution < -0.4 is 5.73 Å². The number of amides is 1. The third-order valence-corrected chi connectivity index (χ3v) is 9.04. The molecule has 1 unspecified atom stereocenters. The number of hydrogen-bond acceptors (Lipinski definition) is 5. The van der Waals surface area contributed by atoms with Crippen LogP contribution in [0.3, 0.4) is 0 Å². The van der Waals surface area contributed by atoms with Gasteiger partial charge in [-0.25, -0.2) is 9.67 Å². The third kappa shape index (κ3) is 7.88. The van der Waals surface area contributed by atoms with Gasteiger partial charge < -0.3 is 15.4 Å². The number of carbonyl (C=O) groups excluding carboxylic acids is 1. The van der Waals surface area contributed by atoms with Crippen molar-refractivity contribution in [3.05, 3.63) is 39.8 Å². The number of nitrogen functional groups attached to an aromatic ring is 1. The SMILES string of the molecule is CC(CCc1cccc(Br)n1)CCC(C)(C)C(=O)N1Cc2c(N)nn(COCC[Si](C)(C)C)c2C1. The molecule has 35 heavy (non-hydrogen) atoms. The van der Waals surface area contributed by atoms with E-state index in [0.717, 1.165) is 59.9 Å². The fraction of sp³-hybridized carbons (Fsp3) is 0.654. The number of anilines is 1. The van der Waals surface area contributed by atoms with E-state index >= 15 is 0 Å². The van der Waals surface area contributed by atoms with Gasteiger partial charge in [0, 0.05) is 31.4 Å². The molecule has 3 rings (SSSR count). The van der Waals surface area contributed by atoms with E-state index in [9.17, 15) is 4.79 Å². The second-order valence-corrected chi connectivity index (χ2v) is 18.3. The van der Waals surface area contributed by atoms with Crippen LogP contribution in [0.5, 0.6) is 0 Å². The standard InChI is InChI=1S/C26H42BrN5O2Si/c1-19(10-11-20-8-7-9-23(27)29-20)12-13-26(2,3)25(33)31-16-21-22(17-31)32(30-24(21)28)18-34-14-15-35(4,5)6/h7-9,19H,10-18H2,1-6H3,(H2,28,30). The zero-order valence-electron chi connectivity index (χ0n) is 22.2. The van der Waals surface area contributed by atoms with Crippen LogP contribution >= 0.6 is 15.9 Å². The number of ether oxygens (including phenoxy) is 1. The first kappa shape index (κ1) is 27.9. The maximum absolute atomic E-state index is 13.5. The Hall–Kier alpha value is -1.71. The molecule has 194 valence electrons. The van der Waals surface area contributed by atoms with Crippen LogP contribution in [0.4, 0.5) is 5.82 Å². The van der Waals surface area contributed by atoms with Gasteiger partial charge in [-0.2, -0.15) is 5.10 Å². The predicted octanol–water partition coefficient (Wildman–Crippen LogP) is 5.85. The Labute approximate surface area is 220 Å². The molecular weight excluding hydrogens is 522 g/mol. The van der Waals surface area contributed by atoms with E-state index in [2.05, 4.69) is 72.5 Å². The molecule has 0 bridgehead atoms. The van der Waals surface area contributed by atoms with Crippen molar-refractivity contribution in [3.8, 4) is 0 Å². The summed E-state index contributed by atoms with van der Waals surface area (Å²) in [5, 5.41) is 4.47. The Morgan fingerprint density at radius 1 is 1.26 bits per heavy atom. The summed E-state index contributed by atoms with van der Waals surface area (Å²) in [7, 11) is -1.14. The molecule has 9 heteroatoms. The molecule has 0 saturated carbocycles. The highest BCUT2D eigenvalue weighted by Crippen LogP contribution is 2.34. The van der Waals surface area contributed by atoms with E-state index in [1.54, 1.807) is 0 Å². The van der Waals surface area contributed by atoms with Crippen LogP contribution in [0.15, 0.2) is 22.8 Å². The highest BCUT2D eigenvalue weighted by Gasteiger charge is 2.37. The second-order valence-electron chi connectivity index (χ2n) is 11.8. The summed E-state index contributed by atoms with van der Waals surface area (Å²) in [6, 6.07) is 7.16. The molecule has 0 fully saturated rings. The maximum atomic E-state index is 13.5. The first-order chi connectivity index (χ1) is 16.4. The van der Waals surface area contributed by atoms with Crippen molar-refractivity contribution < 1.29 is 9.53 Å². The van der Waals surface area contributed by atoms with Gasteiger partial charge in [-0.3, -0.25) is 4.79 Å². The summed E-state index contributed by atoms with van der Waals surface area (Å²) in [6.45, 7) is 15.6. The van der Waals surface area contributed by atoms with Crippen molar-refractivity contribution in [2.45, 2.75) is 92.0 Å². The number of aryl methyl sites for hydroxylation is 1. The van der Waals surface area contributed by atoms with Crippen LogP contribution in [-0.2, 0) is 35.8 Å². The van der Waals surface area contributed by atoms with Gasteiger partial charge in [-0.1, -0.05) is 46.5 Å². The molecule has 0 spiro atoms. The lowest BCUT2D eigenvalue weighted by molar-refractivity contribution is -0.141. The van der Waals surface area contributed by atoms with Gasteiger partial charge in [0.2, 0.25) is 5.91 Å². The van der Waals surface area contributed by atoms with Crippen LogP contribution in [0, 0.1) is 11.3 Å². The van der Waals surface area contributed by atoms with Gasteiger partial charge >= 0.3 is 0 Å². The van der Waals surface area contributed by atoms with Crippen molar-refractivity contribution in [1.82, 2.24) is 19.7 Å². The quantitative estimate of drug-likeness (QED) is 0.199. The normalized spacial score (nSPS) is 14.9. The Bertz CT molecular complexity index is 1020. The molecule has 2 aromatic rings. The molecule has 0 radical (unpaired) electrons. The molecule has 7 nitrogen and oxygen atoms in total. The first-order valence-electron chi connectivity index (χ1n) is 12.7. The van der Waals surface area contributed by atoms with E-state index in [1.807, 2.05) is 21.7 Å². The molecule has 0 aromatic carbocycles. The molecule has 1 atom stereocenters. The van der Waals surface area contributed by atoms with E-state index in [4.69, 9.17) is 10.5 Å². The number of halogens is 1. The summed E-state index contributed by atoms with van der Waals surface area (Å²) in [5.74, 6) is 1.22. The third-order valence-electron chi connectivity index (χ3n) is 6.89. The van der Waals surface area contributed by atoms with Crippen LogP contribution in [0.25, 0.3) is 0 Å². The van der Waals surface area contributed by atoms with Crippen molar-refractivity contribution in [3.63, 3.8) is 0 Å². The summed E-state index contributed by atoms with van der Waals surface area (Å²) < 4.78 is 8.61. The van der Waals surface area contributed by atoms with Gasteiger partial charge in [-0.15, -0.1) is 0 Å². The average molecular weight is 565 g/mol. The minimum Gasteiger partial charge on any atom is -0.382 e. The molecule has 1 aliphatic heterocycles. The first-order valence-corrected chi connectivity index (χ1v) is 17.2. The number of hydrogen-bond donors (Lipinski definition) is 1. The molecule has 0 saturated heterocycles. The molecule has 1 aliphatic rings. The highest BCUT2D eigenvalue weighted by atomic mass is 79.9. The van der Waals surface area contributed by atoms with Crippen LogP contribution in [-0.4, -0.2) is 40.3 Å². The largest absolute Gasteiger partial charge is 0.382 e. The average Bonchev–Trinajstić information content (AvgIpc) is 3.33. The summed E-state index contributed by atoms with van der Waals surface area (Å²) in [4.78, 5) is 19.9. The molecule has 2 aromatic heterocycles. The second kappa shape index (κ2) is 11.6. The smallest absolute Gasteiger partial charge is 0.228 e. The van der Waals surface area contributed by atoms with Crippen molar-refractivity contribution >= 4 is 35.7 Å². The fourth-order valence-corrected chi connectivity index (χ4v) is 5.52. The van der Waals surface area contributed by atoms with E-state index in [1.165, 1.54) is 0 Å². The van der Waals surface area contributed by atoms with Crippen molar-refractivity contribution in [2.24, 2.45) is 11.3 Å². The lowest BCUT2D eigenvalue weighted by atomic mass is 9.82. The molecule has 3 heterocycles. The van der Waals surface area contributed by atoms with E-state index in [0.29, 0.717) is 31.6 Å². The molecule has 0 aliphatic carbocycles. The van der Waals surface area contributed by atoms with Crippen molar-refractivity contribution in [2.75, 3.05) is 12.3 Å². The minimum atomic E-state index is -1.14. The van der Waals surface area contributed by atoms with Gasteiger partial charge in [0.25, 0.3) is 0 Å². The summed E-state index contributed by atoms with van der Waals surface area (Å²) in [6.07, 6.45) is 3.88. The van der Waals surface area contributed by atoms with Crippen molar-refractivity contribution in [1.29, 1.82) is 0 Å². The number of nitrogens with zero attached hydrogens (tertiary/aromatic N) is 4. The minimum absolute atomic E-state index is 0.181. The molecular formula is C26H42BrN5O2Si. The van der Waals surface area contributed by atoms with Gasteiger partial charge in [0.15, 0.2) is 5.82 Å². The number of aromatic nitrogens is 3. The predicted molar refractivity (Wildman–Crippen MR) is 147 cm³/mol. The zero-order chi connectivity index (χ0) is 25.8. The molecule has 2 N–H and O–H groups in total. The number of rotatable bonds is 12. The maximum Gasteiger partial charge on any atom is 0.228 e.